The minimum atomic E-state index is -0.266. The number of likely N-dealkylation sites (tertiary alicyclic amines) is 1. The van der Waals surface area contributed by atoms with E-state index in [0.717, 1.165) is 31.6 Å². The molecule has 0 amide bonds. The van der Waals surface area contributed by atoms with Gasteiger partial charge in [-0.3, -0.25) is 9.88 Å². The number of alkyl halides is 1. The predicted octanol–water partition coefficient (Wildman–Crippen LogP) is 2.67. The highest BCUT2D eigenvalue weighted by Gasteiger charge is 2.24. The van der Waals surface area contributed by atoms with E-state index in [0.29, 0.717) is 5.92 Å². The molecule has 0 saturated carbocycles. The molecule has 1 fully saturated rings. The number of rotatable bonds is 2. The van der Waals surface area contributed by atoms with Crippen LogP contribution in [0.4, 0.5) is 4.39 Å². The van der Waals surface area contributed by atoms with Gasteiger partial charge < -0.3 is 0 Å². The van der Waals surface area contributed by atoms with Crippen molar-refractivity contribution in [1.29, 1.82) is 0 Å². The number of pyridine rings is 1. The minimum Gasteiger partial charge on any atom is -0.299 e. The third-order valence-corrected chi connectivity index (χ3v) is 3.70. The molecular formula is C12H16ClFN2. The van der Waals surface area contributed by atoms with Gasteiger partial charge in [-0.05, 0) is 30.5 Å². The first-order chi connectivity index (χ1) is 7.65. The molecule has 0 radical (unpaired) electrons. The smallest absolute Gasteiger partial charge is 0.141 e. The van der Waals surface area contributed by atoms with Crippen molar-refractivity contribution in [2.24, 2.45) is 5.92 Å². The lowest BCUT2D eigenvalue weighted by Crippen LogP contribution is -2.39. The second-order valence-corrected chi connectivity index (χ2v) is 5.09. The van der Waals surface area contributed by atoms with Gasteiger partial charge in [-0.25, -0.2) is 4.39 Å². The molecule has 88 valence electrons. The highest BCUT2D eigenvalue weighted by Crippen LogP contribution is 2.22. The van der Waals surface area contributed by atoms with Crippen molar-refractivity contribution in [2.75, 3.05) is 13.1 Å². The normalized spacial score (nSPS) is 26.9. The fraction of sp³-hybridized carbons (Fsp3) is 0.583. The van der Waals surface area contributed by atoms with Crippen LogP contribution >= 0.6 is 11.6 Å². The van der Waals surface area contributed by atoms with Gasteiger partial charge in [0.05, 0.1) is 6.20 Å². The Balaban J connectivity index is 1.95. The van der Waals surface area contributed by atoms with Crippen LogP contribution in [0.3, 0.4) is 0 Å². The molecule has 2 nitrogen and oxygen atoms in total. The van der Waals surface area contributed by atoms with Gasteiger partial charge in [0.15, 0.2) is 0 Å². The maximum atomic E-state index is 13.0. The molecule has 2 heterocycles. The van der Waals surface area contributed by atoms with Gasteiger partial charge >= 0.3 is 0 Å². The van der Waals surface area contributed by atoms with E-state index in [-0.39, 0.29) is 11.2 Å². The lowest BCUT2D eigenvalue weighted by atomic mass is 9.99. The number of nitrogens with zero attached hydrogens (tertiary/aromatic N) is 2. The second kappa shape index (κ2) is 5.11. The summed E-state index contributed by atoms with van der Waals surface area (Å²) in [4.78, 5) is 6.16. The zero-order valence-electron chi connectivity index (χ0n) is 9.37. The van der Waals surface area contributed by atoms with Gasteiger partial charge in [-0.2, -0.15) is 0 Å². The molecule has 2 rings (SSSR count). The average Bonchev–Trinajstić information content (AvgIpc) is 2.24. The third kappa shape index (κ3) is 2.92. The molecule has 0 N–H and O–H groups in total. The van der Waals surface area contributed by atoms with E-state index in [1.165, 1.54) is 6.20 Å². The summed E-state index contributed by atoms with van der Waals surface area (Å²) in [5.74, 6) is 0.231. The molecule has 0 spiro atoms. The maximum absolute atomic E-state index is 13.0. The average molecular weight is 243 g/mol. The molecule has 0 aromatic carbocycles. The number of hydrogen-bond acceptors (Lipinski definition) is 2. The number of piperidine rings is 1. The Morgan fingerprint density at radius 1 is 1.56 bits per heavy atom. The van der Waals surface area contributed by atoms with Crippen molar-refractivity contribution in [3.63, 3.8) is 0 Å². The van der Waals surface area contributed by atoms with Crippen LogP contribution in [0.2, 0.25) is 0 Å². The SMILES string of the molecule is CC1CN(Cc2cncc(F)c2)CCC1Cl. The van der Waals surface area contributed by atoms with Gasteiger partial charge in [0.2, 0.25) is 0 Å². The van der Waals surface area contributed by atoms with Gasteiger partial charge in [-0.1, -0.05) is 6.92 Å². The Labute approximate surface area is 100 Å². The fourth-order valence-corrected chi connectivity index (χ4v) is 2.32. The van der Waals surface area contributed by atoms with E-state index in [4.69, 9.17) is 11.6 Å². The largest absolute Gasteiger partial charge is 0.299 e. The molecule has 1 aromatic rings. The highest BCUT2D eigenvalue weighted by molar-refractivity contribution is 6.20. The maximum Gasteiger partial charge on any atom is 0.141 e. The standard InChI is InChI=1S/C12H16ClFN2/c1-9-7-16(3-2-12(9)13)8-10-4-11(14)6-15-5-10/h4-6,9,12H,2-3,7-8H2,1H3. The van der Waals surface area contributed by atoms with Crippen LogP contribution in [-0.2, 0) is 6.54 Å². The summed E-state index contributed by atoms with van der Waals surface area (Å²) in [7, 11) is 0. The van der Waals surface area contributed by atoms with Crippen molar-refractivity contribution in [2.45, 2.75) is 25.3 Å². The number of halogens is 2. The summed E-state index contributed by atoms with van der Waals surface area (Å²) >= 11 is 6.16. The molecule has 0 aliphatic carbocycles. The topological polar surface area (TPSA) is 16.1 Å². The van der Waals surface area contributed by atoms with Crippen LogP contribution in [0.1, 0.15) is 18.9 Å². The molecule has 1 aromatic heterocycles. The molecule has 0 bridgehead atoms. The first kappa shape index (κ1) is 11.8. The number of aromatic nitrogens is 1. The summed E-state index contributed by atoms with van der Waals surface area (Å²) in [5, 5.41) is 0.280. The third-order valence-electron chi connectivity index (χ3n) is 3.05. The summed E-state index contributed by atoms with van der Waals surface area (Å²) in [6.45, 7) is 4.88. The van der Waals surface area contributed by atoms with Gasteiger partial charge in [0, 0.05) is 24.7 Å². The first-order valence-electron chi connectivity index (χ1n) is 5.61. The molecule has 16 heavy (non-hydrogen) atoms. The van der Waals surface area contributed by atoms with Crippen LogP contribution < -0.4 is 0 Å². The van der Waals surface area contributed by atoms with E-state index in [1.807, 2.05) is 0 Å². The van der Waals surface area contributed by atoms with Crippen molar-refractivity contribution in [3.05, 3.63) is 29.8 Å². The Morgan fingerprint density at radius 2 is 2.38 bits per heavy atom. The second-order valence-electron chi connectivity index (χ2n) is 4.53. The van der Waals surface area contributed by atoms with Crippen LogP contribution in [0.15, 0.2) is 18.5 Å². The summed E-state index contributed by atoms with van der Waals surface area (Å²) in [5.41, 5.74) is 0.931. The zero-order chi connectivity index (χ0) is 11.5. The molecular weight excluding hydrogens is 227 g/mol. The molecule has 1 aliphatic heterocycles. The Kier molecular flexibility index (Phi) is 3.77. The monoisotopic (exact) mass is 242 g/mol. The van der Waals surface area contributed by atoms with E-state index < -0.39 is 0 Å². The van der Waals surface area contributed by atoms with Gasteiger partial charge in [0.25, 0.3) is 0 Å². The zero-order valence-corrected chi connectivity index (χ0v) is 10.1. The van der Waals surface area contributed by atoms with Crippen molar-refractivity contribution < 1.29 is 4.39 Å². The summed E-state index contributed by atoms with van der Waals surface area (Å²) in [6, 6.07) is 1.55. The quantitative estimate of drug-likeness (QED) is 0.742. The van der Waals surface area contributed by atoms with Crippen molar-refractivity contribution >= 4 is 11.6 Å². The van der Waals surface area contributed by atoms with Crippen LogP contribution in [0.5, 0.6) is 0 Å². The Bertz CT molecular complexity index is 359. The minimum absolute atomic E-state index is 0.266. The van der Waals surface area contributed by atoms with E-state index >= 15 is 0 Å². The van der Waals surface area contributed by atoms with Crippen molar-refractivity contribution in [3.8, 4) is 0 Å². The number of hydrogen-bond donors (Lipinski definition) is 0. The van der Waals surface area contributed by atoms with Crippen LogP contribution in [0.25, 0.3) is 0 Å². The molecule has 2 unspecified atom stereocenters. The lowest BCUT2D eigenvalue weighted by Gasteiger charge is -2.33. The molecule has 2 atom stereocenters. The molecule has 1 aliphatic rings. The van der Waals surface area contributed by atoms with E-state index in [9.17, 15) is 4.39 Å². The van der Waals surface area contributed by atoms with E-state index in [1.54, 1.807) is 12.3 Å². The Hall–Kier alpha value is -0.670. The van der Waals surface area contributed by atoms with Gasteiger partial charge in [-0.15, -0.1) is 11.6 Å². The molecule has 4 heteroatoms. The molecule has 1 saturated heterocycles. The lowest BCUT2D eigenvalue weighted by molar-refractivity contribution is 0.179. The van der Waals surface area contributed by atoms with Gasteiger partial charge in [0.1, 0.15) is 5.82 Å². The summed E-state index contributed by atoms with van der Waals surface area (Å²) in [6.07, 6.45) is 3.96. The predicted molar refractivity (Wildman–Crippen MR) is 62.9 cm³/mol. The summed E-state index contributed by atoms with van der Waals surface area (Å²) < 4.78 is 13.0. The van der Waals surface area contributed by atoms with E-state index in [2.05, 4.69) is 16.8 Å². The van der Waals surface area contributed by atoms with Crippen molar-refractivity contribution in [1.82, 2.24) is 9.88 Å². The van der Waals surface area contributed by atoms with Crippen LogP contribution in [0, 0.1) is 11.7 Å². The fourth-order valence-electron chi connectivity index (χ4n) is 2.15. The van der Waals surface area contributed by atoms with Crippen LogP contribution in [-0.4, -0.2) is 28.4 Å². The first-order valence-corrected chi connectivity index (χ1v) is 6.04. The highest BCUT2D eigenvalue weighted by atomic mass is 35.5. The Morgan fingerprint density at radius 3 is 3.06 bits per heavy atom.